The highest BCUT2D eigenvalue weighted by atomic mass is 127. The van der Waals surface area contributed by atoms with Gasteiger partial charge in [-0.15, -0.1) is 0 Å². The molecule has 2 rings (SSSR count). The lowest BCUT2D eigenvalue weighted by Crippen LogP contribution is -2.02. The minimum absolute atomic E-state index is 0.785. The van der Waals surface area contributed by atoms with Crippen molar-refractivity contribution in [1.82, 2.24) is 24.1 Å². The van der Waals surface area contributed by atoms with Crippen LogP contribution in [0.4, 0.5) is 0 Å². The van der Waals surface area contributed by atoms with E-state index in [-0.39, 0.29) is 0 Å². The number of nitrogens with zero attached hydrogens (tertiary/aromatic N) is 5. The Morgan fingerprint density at radius 3 is 3.08 bits per heavy atom. The van der Waals surface area contributed by atoms with Crippen molar-refractivity contribution < 1.29 is 0 Å². The van der Waals surface area contributed by atoms with Crippen molar-refractivity contribution in [3.8, 4) is 0 Å². The van der Waals surface area contributed by atoms with Crippen LogP contribution in [0.5, 0.6) is 0 Å². The van der Waals surface area contributed by atoms with Crippen LogP contribution in [0.25, 0.3) is 0 Å². The summed E-state index contributed by atoms with van der Waals surface area (Å²) >= 11 is 3.59. The standard InChI is InChI=1S/C6H6IN5S/c7-6-10-5(11-13-6)1-2-12-4-8-3-9-12/h3-4H,1-2H2. The fraction of sp³-hybridized carbons (Fsp3) is 0.333. The van der Waals surface area contributed by atoms with Gasteiger partial charge in [-0.3, -0.25) is 4.68 Å². The zero-order chi connectivity index (χ0) is 9.10. The van der Waals surface area contributed by atoms with Crippen molar-refractivity contribution in [3.05, 3.63) is 21.5 Å². The average Bonchev–Trinajstić information content (AvgIpc) is 2.71. The first-order valence-electron chi connectivity index (χ1n) is 3.65. The normalized spacial score (nSPS) is 10.5. The molecule has 0 bridgehead atoms. The highest BCUT2D eigenvalue weighted by Gasteiger charge is 2.01. The molecular formula is C6H6IN5S. The van der Waals surface area contributed by atoms with Crippen LogP contribution in [-0.4, -0.2) is 24.1 Å². The van der Waals surface area contributed by atoms with Crippen LogP contribution in [0.1, 0.15) is 5.82 Å². The Hall–Kier alpha value is -0.570. The summed E-state index contributed by atoms with van der Waals surface area (Å²) < 4.78 is 6.93. The summed E-state index contributed by atoms with van der Waals surface area (Å²) in [4.78, 5) is 8.09. The largest absolute Gasteiger partial charge is 0.253 e. The van der Waals surface area contributed by atoms with E-state index in [0.717, 1.165) is 21.8 Å². The Morgan fingerprint density at radius 1 is 1.54 bits per heavy atom. The number of rotatable bonds is 3. The van der Waals surface area contributed by atoms with Gasteiger partial charge in [0.2, 0.25) is 0 Å². The molecular weight excluding hydrogens is 301 g/mol. The van der Waals surface area contributed by atoms with Crippen molar-refractivity contribution >= 4 is 34.1 Å². The first kappa shape index (κ1) is 9.00. The zero-order valence-electron chi connectivity index (χ0n) is 6.59. The predicted molar refractivity (Wildman–Crippen MR) is 56.4 cm³/mol. The molecule has 0 aliphatic rings. The Kier molecular flexibility index (Phi) is 2.83. The van der Waals surface area contributed by atoms with Crippen molar-refractivity contribution in [3.63, 3.8) is 0 Å². The highest BCUT2D eigenvalue weighted by molar-refractivity contribution is 14.1. The summed E-state index contributed by atoms with van der Waals surface area (Å²) in [6, 6.07) is 0. The fourth-order valence-corrected chi connectivity index (χ4v) is 1.93. The van der Waals surface area contributed by atoms with Crippen LogP contribution in [0.15, 0.2) is 12.7 Å². The second-order valence-electron chi connectivity index (χ2n) is 2.37. The first-order valence-corrected chi connectivity index (χ1v) is 5.50. The van der Waals surface area contributed by atoms with Gasteiger partial charge in [0.05, 0.1) is 0 Å². The molecule has 0 radical (unpaired) electrons. The van der Waals surface area contributed by atoms with Gasteiger partial charge in [0.15, 0.2) is 3.01 Å². The summed E-state index contributed by atoms with van der Waals surface area (Å²) in [7, 11) is 0. The maximum absolute atomic E-state index is 4.24. The Labute approximate surface area is 92.5 Å². The third-order valence-corrected chi connectivity index (χ3v) is 2.85. The van der Waals surface area contributed by atoms with Crippen LogP contribution >= 0.6 is 34.1 Å². The summed E-state index contributed by atoms with van der Waals surface area (Å²) in [5, 5.41) is 3.99. The molecule has 5 nitrogen and oxygen atoms in total. The van der Waals surface area contributed by atoms with E-state index in [9.17, 15) is 0 Å². The lowest BCUT2D eigenvalue weighted by atomic mass is 10.4. The van der Waals surface area contributed by atoms with Gasteiger partial charge in [-0.05, 0) is 34.1 Å². The van der Waals surface area contributed by atoms with Gasteiger partial charge in [-0.2, -0.15) is 9.47 Å². The van der Waals surface area contributed by atoms with Gasteiger partial charge < -0.3 is 0 Å². The quantitative estimate of drug-likeness (QED) is 0.793. The molecule has 7 heteroatoms. The number of halogens is 1. The van der Waals surface area contributed by atoms with Crippen molar-refractivity contribution in [2.45, 2.75) is 13.0 Å². The molecule has 2 aromatic heterocycles. The average molecular weight is 307 g/mol. The zero-order valence-corrected chi connectivity index (χ0v) is 9.57. The number of aromatic nitrogens is 5. The molecule has 0 spiro atoms. The third-order valence-electron chi connectivity index (χ3n) is 1.47. The van der Waals surface area contributed by atoms with E-state index in [4.69, 9.17) is 0 Å². The van der Waals surface area contributed by atoms with E-state index in [2.05, 4.69) is 42.0 Å². The van der Waals surface area contributed by atoms with E-state index in [1.807, 2.05) is 0 Å². The van der Waals surface area contributed by atoms with Crippen molar-refractivity contribution in [2.75, 3.05) is 0 Å². The molecule has 0 aliphatic carbocycles. The van der Waals surface area contributed by atoms with Crippen LogP contribution in [-0.2, 0) is 13.0 Å². The van der Waals surface area contributed by atoms with Crippen LogP contribution < -0.4 is 0 Å². The monoisotopic (exact) mass is 307 g/mol. The van der Waals surface area contributed by atoms with Crippen LogP contribution in [0.2, 0.25) is 0 Å². The van der Waals surface area contributed by atoms with E-state index >= 15 is 0 Å². The molecule has 0 fully saturated rings. The molecule has 68 valence electrons. The van der Waals surface area contributed by atoms with Crippen LogP contribution in [0.3, 0.4) is 0 Å². The maximum Gasteiger partial charge on any atom is 0.173 e. The molecule has 2 aromatic rings. The molecule has 0 saturated carbocycles. The summed E-state index contributed by atoms with van der Waals surface area (Å²) in [5.74, 6) is 0.880. The lowest BCUT2D eigenvalue weighted by Gasteiger charge is -1.95. The van der Waals surface area contributed by atoms with Crippen LogP contribution in [0, 0.1) is 3.01 Å². The molecule has 0 N–H and O–H groups in total. The minimum Gasteiger partial charge on any atom is -0.253 e. The van der Waals surface area contributed by atoms with E-state index in [1.165, 1.54) is 17.9 Å². The second-order valence-corrected chi connectivity index (χ2v) is 4.88. The number of hydrogen-bond acceptors (Lipinski definition) is 5. The molecule has 0 atom stereocenters. The topological polar surface area (TPSA) is 56.5 Å². The number of hydrogen-bond donors (Lipinski definition) is 0. The molecule has 2 heterocycles. The van der Waals surface area contributed by atoms with Crippen molar-refractivity contribution in [1.29, 1.82) is 0 Å². The molecule has 0 saturated heterocycles. The van der Waals surface area contributed by atoms with Gasteiger partial charge in [-0.25, -0.2) is 9.97 Å². The van der Waals surface area contributed by atoms with Gasteiger partial charge in [-0.1, -0.05) is 0 Å². The smallest absolute Gasteiger partial charge is 0.173 e. The minimum atomic E-state index is 0.785. The van der Waals surface area contributed by atoms with E-state index < -0.39 is 0 Å². The number of aryl methyl sites for hydroxylation is 2. The van der Waals surface area contributed by atoms with E-state index in [1.54, 1.807) is 11.0 Å². The molecule has 0 aliphatic heterocycles. The molecule has 0 unspecified atom stereocenters. The lowest BCUT2D eigenvalue weighted by molar-refractivity contribution is 0.602. The maximum atomic E-state index is 4.24. The Bertz CT molecular complexity index is 370. The Balaban J connectivity index is 1.93. The molecule has 13 heavy (non-hydrogen) atoms. The summed E-state index contributed by atoms with van der Waals surface area (Å²) in [6.07, 6.45) is 4.03. The highest BCUT2D eigenvalue weighted by Crippen LogP contribution is 2.07. The molecule has 0 amide bonds. The van der Waals surface area contributed by atoms with Gasteiger partial charge in [0, 0.05) is 13.0 Å². The SMILES string of the molecule is Ic1nc(CCn2cncn2)ns1. The summed E-state index contributed by atoms with van der Waals surface area (Å²) in [6.45, 7) is 0.785. The van der Waals surface area contributed by atoms with E-state index in [0.29, 0.717) is 0 Å². The third kappa shape index (κ3) is 2.44. The van der Waals surface area contributed by atoms with Crippen molar-refractivity contribution in [2.24, 2.45) is 0 Å². The Morgan fingerprint density at radius 2 is 2.46 bits per heavy atom. The summed E-state index contributed by atoms with van der Waals surface area (Å²) in [5.41, 5.74) is 0. The van der Waals surface area contributed by atoms with Gasteiger partial charge in [0.1, 0.15) is 18.5 Å². The predicted octanol–water partition coefficient (Wildman–Crippen LogP) is 0.977. The van der Waals surface area contributed by atoms with Gasteiger partial charge in [0.25, 0.3) is 0 Å². The fourth-order valence-electron chi connectivity index (χ4n) is 0.897. The molecule has 0 aromatic carbocycles. The first-order chi connectivity index (χ1) is 6.34. The second kappa shape index (κ2) is 4.09. The van der Waals surface area contributed by atoms with Gasteiger partial charge >= 0.3 is 0 Å².